The number of pyridine rings is 1. The molecule has 0 spiro atoms. The molecule has 1 aromatic heterocycles. The topological polar surface area (TPSA) is 54.0 Å². The first-order valence-electron chi connectivity index (χ1n) is 11.2. The minimum atomic E-state index is -4.55. The number of amides is 1. The third kappa shape index (κ3) is 5.89. The Bertz CT molecular complexity index is 1190. The molecule has 1 amide bonds. The lowest BCUT2D eigenvalue weighted by Gasteiger charge is -2.31. The number of rotatable bonds is 6. The van der Waals surface area contributed by atoms with Gasteiger partial charge in [0.15, 0.2) is 0 Å². The highest BCUT2D eigenvalue weighted by Crippen LogP contribution is 2.35. The number of anilines is 1. The van der Waals surface area contributed by atoms with E-state index in [1.165, 1.54) is 12.1 Å². The lowest BCUT2D eigenvalue weighted by Crippen LogP contribution is -2.40. The maximum absolute atomic E-state index is 13.4. The Morgan fingerprint density at radius 3 is 2.38 bits per heavy atom. The molecule has 8 heteroatoms. The van der Waals surface area contributed by atoms with Gasteiger partial charge in [-0.1, -0.05) is 48.5 Å². The van der Waals surface area contributed by atoms with Crippen LogP contribution in [-0.2, 0) is 17.4 Å². The maximum Gasteiger partial charge on any atom is 0.433 e. The van der Waals surface area contributed by atoms with E-state index in [2.05, 4.69) is 22.2 Å². The molecule has 178 valence electrons. The highest BCUT2D eigenvalue weighted by Gasteiger charge is 2.34. The SMILES string of the molecule is C=C(Cc1ccccc1)C(=O)NC1CCC(Nc2cc(C(F)(F)F)nc3ccc(Cl)cc23)CC1. The van der Waals surface area contributed by atoms with Gasteiger partial charge in [0.05, 0.1) is 5.52 Å². The zero-order valence-electron chi connectivity index (χ0n) is 18.5. The quantitative estimate of drug-likeness (QED) is 0.388. The fourth-order valence-corrected chi connectivity index (χ4v) is 4.45. The summed E-state index contributed by atoms with van der Waals surface area (Å²) in [5, 5.41) is 7.29. The number of nitrogens with zero attached hydrogens (tertiary/aromatic N) is 1. The average molecular weight is 488 g/mol. The molecule has 1 aliphatic rings. The van der Waals surface area contributed by atoms with Crippen molar-refractivity contribution in [2.24, 2.45) is 0 Å². The molecule has 1 saturated carbocycles. The second kappa shape index (κ2) is 10.1. The Morgan fingerprint density at radius 1 is 1.03 bits per heavy atom. The number of hydrogen-bond acceptors (Lipinski definition) is 3. The van der Waals surface area contributed by atoms with Gasteiger partial charge in [-0.2, -0.15) is 13.2 Å². The van der Waals surface area contributed by atoms with Gasteiger partial charge in [0, 0.05) is 40.2 Å². The van der Waals surface area contributed by atoms with Gasteiger partial charge in [-0.3, -0.25) is 4.79 Å². The summed E-state index contributed by atoms with van der Waals surface area (Å²) in [6, 6.07) is 15.3. The summed E-state index contributed by atoms with van der Waals surface area (Å²) in [4.78, 5) is 16.3. The monoisotopic (exact) mass is 487 g/mol. The van der Waals surface area contributed by atoms with Gasteiger partial charge in [0.2, 0.25) is 5.91 Å². The maximum atomic E-state index is 13.4. The third-order valence-electron chi connectivity index (χ3n) is 6.06. The summed E-state index contributed by atoms with van der Waals surface area (Å²) >= 11 is 6.08. The van der Waals surface area contributed by atoms with E-state index in [1.54, 1.807) is 6.07 Å². The van der Waals surface area contributed by atoms with Crippen molar-refractivity contribution >= 4 is 34.1 Å². The lowest BCUT2D eigenvalue weighted by molar-refractivity contribution is -0.140. The summed E-state index contributed by atoms with van der Waals surface area (Å²) in [5.41, 5.74) is 1.19. The van der Waals surface area contributed by atoms with Crippen LogP contribution >= 0.6 is 11.6 Å². The average Bonchev–Trinajstić information content (AvgIpc) is 2.80. The number of benzene rings is 2. The number of aromatic nitrogens is 1. The van der Waals surface area contributed by atoms with Gasteiger partial charge in [0.25, 0.3) is 0 Å². The van der Waals surface area contributed by atoms with Crippen molar-refractivity contribution in [2.75, 3.05) is 5.32 Å². The van der Waals surface area contributed by atoms with E-state index in [9.17, 15) is 18.0 Å². The molecule has 0 radical (unpaired) electrons. The van der Waals surface area contributed by atoms with Gasteiger partial charge < -0.3 is 10.6 Å². The lowest BCUT2D eigenvalue weighted by atomic mass is 9.90. The van der Waals surface area contributed by atoms with Gasteiger partial charge >= 0.3 is 6.18 Å². The summed E-state index contributed by atoms with van der Waals surface area (Å²) in [7, 11) is 0. The number of alkyl halides is 3. The Labute approximate surface area is 201 Å². The molecule has 4 rings (SSSR count). The van der Waals surface area contributed by atoms with E-state index in [4.69, 9.17) is 11.6 Å². The van der Waals surface area contributed by atoms with Crippen LogP contribution in [0.5, 0.6) is 0 Å². The summed E-state index contributed by atoms with van der Waals surface area (Å²) in [6.45, 7) is 3.92. The van der Waals surface area contributed by atoms with E-state index >= 15 is 0 Å². The van der Waals surface area contributed by atoms with Crippen molar-refractivity contribution in [1.29, 1.82) is 0 Å². The number of hydrogen-bond donors (Lipinski definition) is 2. The summed E-state index contributed by atoms with van der Waals surface area (Å²) in [5.74, 6) is -0.162. The fourth-order valence-electron chi connectivity index (χ4n) is 4.27. The van der Waals surface area contributed by atoms with Gasteiger partial charge in [-0.15, -0.1) is 0 Å². The number of fused-ring (bicyclic) bond motifs is 1. The van der Waals surface area contributed by atoms with Gasteiger partial charge in [-0.05, 0) is 55.5 Å². The molecular weight excluding hydrogens is 463 g/mol. The Balaban J connectivity index is 1.38. The van der Waals surface area contributed by atoms with Crippen LogP contribution < -0.4 is 10.6 Å². The predicted molar refractivity (Wildman–Crippen MR) is 129 cm³/mol. The Kier molecular flexibility index (Phi) is 7.12. The molecule has 3 aromatic rings. The molecule has 34 heavy (non-hydrogen) atoms. The second-order valence-corrected chi connectivity index (χ2v) is 9.08. The van der Waals surface area contributed by atoms with Crippen LogP contribution in [0.4, 0.5) is 18.9 Å². The van der Waals surface area contributed by atoms with E-state index in [1.807, 2.05) is 30.3 Å². The summed E-state index contributed by atoms with van der Waals surface area (Å²) in [6.07, 6.45) is -1.20. The summed E-state index contributed by atoms with van der Waals surface area (Å²) < 4.78 is 40.1. The molecule has 2 N–H and O–H groups in total. The highest BCUT2D eigenvalue weighted by atomic mass is 35.5. The number of halogens is 4. The first kappa shape index (κ1) is 24.1. The van der Waals surface area contributed by atoms with Crippen LogP contribution in [0.1, 0.15) is 36.9 Å². The molecular formula is C26H25ClF3N3O. The van der Waals surface area contributed by atoms with Gasteiger partial charge in [-0.25, -0.2) is 4.98 Å². The minimum absolute atomic E-state index is 0.00689. The predicted octanol–water partition coefficient (Wildman–Crippen LogP) is 6.55. The molecule has 2 aromatic carbocycles. The molecule has 0 atom stereocenters. The van der Waals surface area contributed by atoms with Crippen molar-refractivity contribution in [1.82, 2.24) is 10.3 Å². The van der Waals surface area contributed by atoms with E-state index in [0.717, 1.165) is 24.5 Å². The molecule has 0 unspecified atom stereocenters. The van der Waals surface area contributed by atoms with Crippen LogP contribution in [0.25, 0.3) is 10.9 Å². The van der Waals surface area contributed by atoms with Crippen LogP contribution in [0.15, 0.2) is 66.7 Å². The largest absolute Gasteiger partial charge is 0.433 e. The molecule has 1 fully saturated rings. The Hall–Kier alpha value is -3.06. The number of carbonyl (C=O) groups is 1. The van der Waals surface area contributed by atoms with Crippen molar-refractivity contribution in [3.8, 4) is 0 Å². The first-order chi connectivity index (χ1) is 16.2. The third-order valence-corrected chi connectivity index (χ3v) is 6.30. The Morgan fingerprint density at radius 2 is 1.71 bits per heavy atom. The normalized spacial score (nSPS) is 18.5. The molecule has 1 heterocycles. The van der Waals surface area contributed by atoms with Crippen LogP contribution in [-0.4, -0.2) is 23.0 Å². The van der Waals surface area contributed by atoms with E-state index in [0.29, 0.717) is 40.9 Å². The standard InChI is InChI=1S/C26H25ClF3N3O/c1-16(13-17-5-3-2-4-6-17)25(34)32-20-10-8-19(9-11-20)31-23-15-24(26(28,29)30)33-22-12-7-18(27)14-21(22)23/h2-7,12,14-15,19-20H,1,8-11,13H2,(H,31,33)(H,32,34). The van der Waals surface area contributed by atoms with Crippen molar-refractivity contribution in [3.05, 3.63) is 83.0 Å². The van der Waals surface area contributed by atoms with E-state index in [-0.39, 0.29) is 23.5 Å². The zero-order chi connectivity index (χ0) is 24.3. The minimum Gasteiger partial charge on any atom is -0.382 e. The zero-order valence-corrected chi connectivity index (χ0v) is 19.2. The van der Waals surface area contributed by atoms with Crippen molar-refractivity contribution < 1.29 is 18.0 Å². The second-order valence-electron chi connectivity index (χ2n) is 8.65. The fraction of sp³-hybridized carbons (Fsp3) is 0.308. The number of carbonyl (C=O) groups excluding carboxylic acids is 1. The van der Waals surface area contributed by atoms with Crippen molar-refractivity contribution in [3.63, 3.8) is 0 Å². The van der Waals surface area contributed by atoms with Crippen molar-refractivity contribution in [2.45, 2.75) is 50.4 Å². The molecule has 1 aliphatic carbocycles. The van der Waals surface area contributed by atoms with Crippen LogP contribution in [0.2, 0.25) is 5.02 Å². The van der Waals surface area contributed by atoms with Crippen LogP contribution in [0, 0.1) is 0 Å². The molecule has 4 nitrogen and oxygen atoms in total. The van der Waals surface area contributed by atoms with Crippen LogP contribution in [0.3, 0.4) is 0 Å². The smallest absolute Gasteiger partial charge is 0.382 e. The molecule has 0 saturated heterocycles. The highest BCUT2D eigenvalue weighted by molar-refractivity contribution is 6.31. The molecule has 0 aliphatic heterocycles. The number of nitrogens with one attached hydrogen (secondary N) is 2. The molecule has 0 bridgehead atoms. The van der Waals surface area contributed by atoms with E-state index < -0.39 is 11.9 Å². The van der Waals surface area contributed by atoms with Gasteiger partial charge in [0.1, 0.15) is 5.69 Å². The first-order valence-corrected chi connectivity index (χ1v) is 11.5.